The Kier molecular flexibility index (Phi) is 5.40. The molecule has 116 valence electrons. The number of nitrogens with one attached hydrogen (secondary N) is 2. The summed E-state index contributed by atoms with van der Waals surface area (Å²) in [5, 5.41) is 6.27. The highest BCUT2D eigenvalue weighted by Crippen LogP contribution is 2.11. The standard InChI is InChI=1S/C13H25N3O3S/c1-2-16(8-11-4-3-6-14-11)9-13(17)15-12-5-7-20(18,19)10-12/h11-12,14H,2-10H2,1H3,(H,15,17). The molecule has 2 aliphatic heterocycles. The van der Waals surface area contributed by atoms with Gasteiger partial charge in [-0.05, 0) is 32.4 Å². The molecule has 2 N–H and O–H groups in total. The highest BCUT2D eigenvalue weighted by atomic mass is 32.2. The second-order valence-electron chi connectivity index (χ2n) is 5.79. The fourth-order valence-electron chi connectivity index (χ4n) is 2.91. The fraction of sp³-hybridized carbons (Fsp3) is 0.923. The molecule has 0 saturated carbocycles. The average molecular weight is 303 g/mol. The van der Waals surface area contributed by atoms with Gasteiger partial charge in [-0.1, -0.05) is 6.92 Å². The van der Waals surface area contributed by atoms with Gasteiger partial charge in [-0.3, -0.25) is 9.69 Å². The zero-order chi connectivity index (χ0) is 14.6. The molecule has 2 heterocycles. The molecule has 0 aromatic rings. The molecule has 2 unspecified atom stereocenters. The molecule has 2 fully saturated rings. The molecule has 0 spiro atoms. The Hall–Kier alpha value is -0.660. The lowest BCUT2D eigenvalue weighted by Gasteiger charge is -2.24. The largest absolute Gasteiger partial charge is 0.351 e. The summed E-state index contributed by atoms with van der Waals surface area (Å²) in [6.45, 7) is 5.17. The first kappa shape index (κ1) is 15.7. The molecule has 2 saturated heterocycles. The van der Waals surface area contributed by atoms with Crippen LogP contribution in [-0.2, 0) is 14.6 Å². The van der Waals surface area contributed by atoms with Crippen LogP contribution in [0.2, 0.25) is 0 Å². The molecule has 2 atom stereocenters. The van der Waals surface area contributed by atoms with Gasteiger partial charge >= 0.3 is 0 Å². The number of likely N-dealkylation sites (N-methyl/N-ethyl adjacent to an activating group) is 1. The Morgan fingerprint density at radius 3 is 2.75 bits per heavy atom. The van der Waals surface area contributed by atoms with Crippen molar-refractivity contribution in [2.45, 2.75) is 38.3 Å². The Morgan fingerprint density at radius 1 is 1.40 bits per heavy atom. The number of hydrogen-bond acceptors (Lipinski definition) is 5. The lowest BCUT2D eigenvalue weighted by Crippen LogP contribution is -2.45. The van der Waals surface area contributed by atoms with E-state index in [1.54, 1.807) is 0 Å². The molecular formula is C13H25N3O3S. The highest BCUT2D eigenvalue weighted by Gasteiger charge is 2.29. The molecule has 0 aliphatic carbocycles. The van der Waals surface area contributed by atoms with Crippen molar-refractivity contribution in [1.82, 2.24) is 15.5 Å². The second-order valence-corrected chi connectivity index (χ2v) is 8.02. The van der Waals surface area contributed by atoms with Crippen LogP contribution in [0, 0.1) is 0 Å². The molecule has 0 aromatic heterocycles. The summed E-state index contributed by atoms with van der Waals surface area (Å²) < 4.78 is 22.7. The Balaban J connectivity index is 1.74. The lowest BCUT2D eigenvalue weighted by molar-refractivity contribution is -0.122. The smallest absolute Gasteiger partial charge is 0.234 e. The van der Waals surface area contributed by atoms with E-state index < -0.39 is 9.84 Å². The summed E-state index contributed by atoms with van der Waals surface area (Å²) in [7, 11) is -2.93. The maximum absolute atomic E-state index is 12.0. The molecule has 20 heavy (non-hydrogen) atoms. The van der Waals surface area contributed by atoms with Crippen LogP contribution in [0.25, 0.3) is 0 Å². The van der Waals surface area contributed by atoms with Crippen molar-refractivity contribution in [2.24, 2.45) is 0 Å². The van der Waals surface area contributed by atoms with Crippen molar-refractivity contribution in [3.63, 3.8) is 0 Å². The molecule has 2 aliphatic rings. The van der Waals surface area contributed by atoms with Crippen LogP contribution < -0.4 is 10.6 Å². The Bertz CT molecular complexity index is 432. The number of rotatable bonds is 6. The van der Waals surface area contributed by atoms with E-state index in [0.717, 1.165) is 19.6 Å². The van der Waals surface area contributed by atoms with Crippen molar-refractivity contribution in [3.05, 3.63) is 0 Å². The number of amides is 1. The van der Waals surface area contributed by atoms with Gasteiger partial charge in [-0.15, -0.1) is 0 Å². The minimum Gasteiger partial charge on any atom is -0.351 e. The minimum absolute atomic E-state index is 0.0630. The highest BCUT2D eigenvalue weighted by molar-refractivity contribution is 7.91. The molecule has 0 bridgehead atoms. The van der Waals surface area contributed by atoms with E-state index in [2.05, 4.69) is 15.5 Å². The third-order valence-electron chi connectivity index (χ3n) is 4.05. The quantitative estimate of drug-likeness (QED) is 0.683. The summed E-state index contributed by atoms with van der Waals surface area (Å²) in [5.74, 6) is 0.225. The minimum atomic E-state index is -2.93. The predicted octanol–water partition coefficient (Wildman–Crippen LogP) is -0.636. The maximum atomic E-state index is 12.0. The van der Waals surface area contributed by atoms with E-state index in [-0.39, 0.29) is 23.5 Å². The van der Waals surface area contributed by atoms with Crippen LogP contribution in [0.15, 0.2) is 0 Å². The Morgan fingerprint density at radius 2 is 2.20 bits per heavy atom. The summed E-state index contributed by atoms with van der Waals surface area (Å²) in [6, 6.07) is 0.283. The van der Waals surface area contributed by atoms with Gasteiger partial charge in [0.25, 0.3) is 0 Å². The van der Waals surface area contributed by atoms with Crippen molar-refractivity contribution < 1.29 is 13.2 Å². The second kappa shape index (κ2) is 6.87. The number of carbonyl (C=O) groups is 1. The van der Waals surface area contributed by atoms with Crippen molar-refractivity contribution in [2.75, 3.05) is 37.7 Å². The van der Waals surface area contributed by atoms with Crippen LogP contribution in [0.5, 0.6) is 0 Å². The van der Waals surface area contributed by atoms with E-state index in [4.69, 9.17) is 0 Å². The third-order valence-corrected chi connectivity index (χ3v) is 5.82. The SMILES string of the molecule is CCN(CC(=O)NC1CCS(=O)(=O)C1)CC1CCCN1. The summed E-state index contributed by atoms with van der Waals surface area (Å²) in [5.41, 5.74) is 0. The van der Waals surface area contributed by atoms with Crippen molar-refractivity contribution in [3.8, 4) is 0 Å². The number of hydrogen-bond donors (Lipinski definition) is 2. The van der Waals surface area contributed by atoms with Gasteiger partial charge in [0.1, 0.15) is 0 Å². The summed E-state index contributed by atoms with van der Waals surface area (Å²) in [6.07, 6.45) is 2.91. The van der Waals surface area contributed by atoms with Crippen LogP contribution >= 0.6 is 0 Å². The monoisotopic (exact) mass is 303 g/mol. The topological polar surface area (TPSA) is 78.5 Å². The lowest BCUT2D eigenvalue weighted by atomic mass is 10.2. The number of nitrogens with zero attached hydrogens (tertiary/aromatic N) is 1. The molecule has 7 heteroatoms. The average Bonchev–Trinajstić information content (AvgIpc) is 2.98. The molecular weight excluding hydrogens is 278 g/mol. The van der Waals surface area contributed by atoms with Crippen molar-refractivity contribution >= 4 is 15.7 Å². The molecule has 2 rings (SSSR count). The van der Waals surface area contributed by atoms with E-state index in [1.807, 2.05) is 6.92 Å². The number of sulfone groups is 1. The summed E-state index contributed by atoms with van der Waals surface area (Å²) >= 11 is 0. The molecule has 0 radical (unpaired) electrons. The zero-order valence-electron chi connectivity index (χ0n) is 12.1. The number of carbonyl (C=O) groups excluding carboxylic acids is 1. The third kappa shape index (κ3) is 4.71. The van der Waals surface area contributed by atoms with Gasteiger partial charge in [-0.25, -0.2) is 8.42 Å². The first-order valence-electron chi connectivity index (χ1n) is 7.44. The first-order valence-corrected chi connectivity index (χ1v) is 9.26. The van der Waals surface area contributed by atoms with E-state index >= 15 is 0 Å². The van der Waals surface area contributed by atoms with Gasteiger partial charge in [0, 0.05) is 18.6 Å². The predicted molar refractivity (Wildman–Crippen MR) is 78.3 cm³/mol. The van der Waals surface area contributed by atoms with E-state index in [9.17, 15) is 13.2 Å². The maximum Gasteiger partial charge on any atom is 0.234 e. The Labute approximate surface area is 121 Å². The van der Waals surface area contributed by atoms with Crippen molar-refractivity contribution in [1.29, 1.82) is 0 Å². The van der Waals surface area contributed by atoms with E-state index in [0.29, 0.717) is 19.0 Å². The summed E-state index contributed by atoms with van der Waals surface area (Å²) in [4.78, 5) is 14.1. The van der Waals surface area contributed by atoms with Gasteiger partial charge in [0.05, 0.1) is 18.1 Å². The van der Waals surface area contributed by atoms with Crippen LogP contribution in [0.4, 0.5) is 0 Å². The van der Waals surface area contributed by atoms with Gasteiger partial charge < -0.3 is 10.6 Å². The van der Waals surface area contributed by atoms with Crippen LogP contribution in [0.3, 0.4) is 0 Å². The molecule has 0 aromatic carbocycles. The van der Waals surface area contributed by atoms with Crippen LogP contribution in [-0.4, -0.2) is 69.0 Å². The first-order chi connectivity index (χ1) is 9.48. The zero-order valence-corrected chi connectivity index (χ0v) is 12.9. The molecule has 1 amide bonds. The van der Waals surface area contributed by atoms with Gasteiger partial charge in [0.15, 0.2) is 9.84 Å². The molecule has 6 nitrogen and oxygen atoms in total. The van der Waals surface area contributed by atoms with Crippen LogP contribution in [0.1, 0.15) is 26.2 Å². The van der Waals surface area contributed by atoms with E-state index in [1.165, 1.54) is 12.8 Å². The normalized spacial score (nSPS) is 28.9. The fourth-order valence-corrected chi connectivity index (χ4v) is 4.59. The van der Waals surface area contributed by atoms with Gasteiger partial charge in [0.2, 0.25) is 5.91 Å². The van der Waals surface area contributed by atoms with Gasteiger partial charge in [-0.2, -0.15) is 0 Å².